The molecule has 1 aromatic heterocycles. The molecule has 1 nitrogen and oxygen atoms in total. The number of hydrogen-bond acceptors (Lipinski definition) is 2. The van der Waals surface area contributed by atoms with Crippen LogP contribution in [-0.2, 0) is 11.8 Å². The molecule has 1 unspecified atom stereocenters. The van der Waals surface area contributed by atoms with Crippen LogP contribution in [-0.4, -0.2) is 11.2 Å². The van der Waals surface area contributed by atoms with E-state index in [-0.39, 0.29) is 11.5 Å². The van der Waals surface area contributed by atoms with Crippen LogP contribution in [0.25, 0.3) is 10.1 Å². The minimum atomic E-state index is -0.294. The molecule has 1 aliphatic carbocycles. The van der Waals surface area contributed by atoms with Crippen LogP contribution >= 0.6 is 11.3 Å². The van der Waals surface area contributed by atoms with Crippen LogP contribution in [0.1, 0.15) is 24.0 Å². The quantitative estimate of drug-likeness (QED) is 0.749. The Kier molecular flexibility index (Phi) is 3.09. The predicted octanol–water partition coefficient (Wildman–Crippen LogP) is 4.54. The van der Waals surface area contributed by atoms with Crippen LogP contribution < -0.4 is 0 Å². The molecule has 0 spiro atoms. The zero-order valence-corrected chi connectivity index (χ0v) is 12.6. The second-order valence-corrected chi connectivity index (χ2v) is 6.91. The van der Waals surface area contributed by atoms with E-state index in [9.17, 15) is 5.11 Å². The van der Waals surface area contributed by atoms with Crippen LogP contribution in [0.5, 0.6) is 0 Å². The fourth-order valence-corrected chi connectivity index (χ4v) is 4.29. The summed E-state index contributed by atoms with van der Waals surface area (Å²) in [4.78, 5) is 0. The Hall–Kier alpha value is -1.64. The molecule has 4 rings (SSSR count). The lowest BCUT2D eigenvalue weighted by Gasteiger charge is -2.22. The molecule has 0 bridgehead atoms. The van der Waals surface area contributed by atoms with Crippen LogP contribution in [0, 0.1) is 0 Å². The van der Waals surface area contributed by atoms with E-state index < -0.39 is 0 Å². The van der Waals surface area contributed by atoms with Crippen molar-refractivity contribution < 1.29 is 5.11 Å². The average molecular weight is 294 g/mol. The van der Waals surface area contributed by atoms with Gasteiger partial charge in [0, 0.05) is 16.5 Å². The molecule has 0 aliphatic heterocycles. The van der Waals surface area contributed by atoms with Crippen molar-refractivity contribution in [2.75, 3.05) is 0 Å². The molecule has 1 fully saturated rings. The highest BCUT2D eigenvalue weighted by Crippen LogP contribution is 2.52. The third-order valence-corrected chi connectivity index (χ3v) is 5.76. The van der Waals surface area contributed by atoms with Crippen LogP contribution in [0.15, 0.2) is 60.0 Å². The number of thiophene rings is 1. The van der Waals surface area contributed by atoms with Crippen molar-refractivity contribution in [1.82, 2.24) is 0 Å². The Morgan fingerprint density at radius 2 is 1.71 bits per heavy atom. The molecule has 1 atom stereocenters. The molecule has 3 aromatic rings. The minimum Gasteiger partial charge on any atom is -0.392 e. The second kappa shape index (κ2) is 4.97. The van der Waals surface area contributed by atoms with Crippen LogP contribution in [0.4, 0.5) is 0 Å². The van der Waals surface area contributed by atoms with Gasteiger partial charge in [0.25, 0.3) is 0 Å². The molecule has 1 saturated carbocycles. The van der Waals surface area contributed by atoms with E-state index in [2.05, 4.69) is 53.9 Å². The molecule has 0 saturated heterocycles. The summed E-state index contributed by atoms with van der Waals surface area (Å²) in [5, 5.41) is 14.3. The molecular formula is C19H18OS. The molecule has 21 heavy (non-hydrogen) atoms. The Bertz CT molecular complexity index is 755. The summed E-state index contributed by atoms with van der Waals surface area (Å²) in [5.74, 6) is 0. The van der Waals surface area contributed by atoms with Crippen LogP contribution in [0.2, 0.25) is 0 Å². The van der Waals surface area contributed by atoms with Crippen molar-refractivity contribution in [2.24, 2.45) is 0 Å². The smallest absolute Gasteiger partial charge is 0.0677 e. The number of benzene rings is 2. The van der Waals surface area contributed by atoms with E-state index in [4.69, 9.17) is 0 Å². The van der Waals surface area contributed by atoms with Gasteiger partial charge < -0.3 is 5.11 Å². The lowest BCUT2D eigenvalue weighted by molar-refractivity contribution is 0.132. The number of aliphatic hydroxyl groups is 1. The fraction of sp³-hybridized carbons (Fsp3) is 0.263. The second-order valence-electron chi connectivity index (χ2n) is 6.00. The van der Waals surface area contributed by atoms with Crippen molar-refractivity contribution in [3.8, 4) is 0 Å². The van der Waals surface area contributed by atoms with Gasteiger partial charge >= 0.3 is 0 Å². The lowest BCUT2D eigenvalue weighted by Crippen LogP contribution is -2.28. The van der Waals surface area contributed by atoms with Gasteiger partial charge in [-0.05, 0) is 40.8 Å². The summed E-state index contributed by atoms with van der Waals surface area (Å²) in [7, 11) is 0. The highest BCUT2D eigenvalue weighted by molar-refractivity contribution is 7.17. The number of rotatable bonds is 4. The van der Waals surface area contributed by atoms with Gasteiger partial charge in [-0.2, -0.15) is 0 Å². The first kappa shape index (κ1) is 13.1. The van der Waals surface area contributed by atoms with Gasteiger partial charge in [0.1, 0.15) is 0 Å². The zero-order chi connectivity index (χ0) is 14.3. The van der Waals surface area contributed by atoms with Crippen molar-refractivity contribution >= 4 is 21.4 Å². The summed E-state index contributed by atoms with van der Waals surface area (Å²) in [6, 6.07) is 19.0. The molecule has 0 amide bonds. The first-order valence-corrected chi connectivity index (χ1v) is 8.36. The van der Waals surface area contributed by atoms with Crippen molar-refractivity contribution in [3.05, 3.63) is 71.1 Å². The van der Waals surface area contributed by atoms with E-state index in [0.29, 0.717) is 0 Å². The fourth-order valence-electron chi connectivity index (χ4n) is 3.31. The number of aliphatic hydroxyl groups excluding tert-OH is 1. The largest absolute Gasteiger partial charge is 0.392 e. The molecule has 2 heteroatoms. The van der Waals surface area contributed by atoms with E-state index in [1.165, 1.54) is 21.2 Å². The van der Waals surface area contributed by atoms with Gasteiger partial charge in [-0.25, -0.2) is 0 Å². The predicted molar refractivity (Wildman–Crippen MR) is 88.9 cm³/mol. The Balaban J connectivity index is 1.63. The van der Waals surface area contributed by atoms with E-state index in [0.717, 1.165) is 19.3 Å². The van der Waals surface area contributed by atoms with E-state index >= 15 is 0 Å². The normalized spacial score (nSPS) is 17.8. The molecule has 106 valence electrons. The first-order valence-electron chi connectivity index (χ1n) is 7.48. The summed E-state index contributed by atoms with van der Waals surface area (Å²) in [6.07, 6.45) is 2.65. The highest BCUT2D eigenvalue weighted by Gasteiger charge is 2.50. The molecule has 2 aromatic carbocycles. The first-order chi connectivity index (χ1) is 10.3. The summed E-state index contributed by atoms with van der Waals surface area (Å²) in [6.45, 7) is 0. The topological polar surface area (TPSA) is 20.2 Å². The van der Waals surface area contributed by atoms with Gasteiger partial charge in [0.2, 0.25) is 0 Å². The summed E-state index contributed by atoms with van der Waals surface area (Å²) in [5.41, 5.74) is 2.56. The van der Waals surface area contributed by atoms with E-state index in [1.54, 1.807) is 11.3 Å². The summed E-state index contributed by atoms with van der Waals surface area (Å²) >= 11 is 1.77. The van der Waals surface area contributed by atoms with Gasteiger partial charge in [-0.1, -0.05) is 48.5 Å². The lowest BCUT2D eigenvalue weighted by atomic mass is 9.86. The van der Waals surface area contributed by atoms with Gasteiger partial charge in [0.15, 0.2) is 0 Å². The van der Waals surface area contributed by atoms with Crippen LogP contribution in [0.3, 0.4) is 0 Å². The molecule has 1 aliphatic rings. The third kappa shape index (κ3) is 2.19. The minimum absolute atomic E-state index is 0.00962. The molecule has 0 radical (unpaired) electrons. The van der Waals surface area contributed by atoms with Crippen molar-refractivity contribution in [3.63, 3.8) is 0 Å². The zero-order valence-electron chi connectivity index (χ0n) is 11.8. The number of hydrogen-bond donors (Lipinski definition) is 1. The van der Waals surface area contributed by atoms with Gasteiger partial charge in [-0.15, -0.1) is 11.3 Å². The highest BCUT2D eigenvalue weighted by atomic mass is 32.1. The average Bonchev–Trinajstić information content (AvgIpc) is 3.26. The maximum absolute atomic E-state index is 10.8. The summed E-state index contributed by atoms with van der Waals surface area (Å²) < 4.78 is 1.31. The SMILES string of the molecule is OC(Cc1csc2ccccc12)C1(c2ccccc2)CC1. The Morgan fingerprint density at radius 1 is 1.00 bits per heavy atom. The Morgan fingerprint density at radius 3 is 2.48 bits per heavy atom. The maximum atomic E-state index is 10.8. The monoisotopic (exact) mass is 294 g/mol. The molecular weight excluding hydrogens is 276 g/mol. The van der Waals surface area contributed by atoms with Crippen molar-refractivity contribution in [2.45, 2.75) is 30.8 Å². The maximum Gasteiger partial charge on any atom is 0.0677 e. The van der Waals surface area contributed by atoms with E-state index in [1.807, 2.05) is 6.07 Å². The van der Waals surface area contributed by atoms with Gasteiger partial charge in [0.05, 0.1) is 6.10 Å². The third-order valence-electron chi connectivity index (χ3n) is 4.75. The molecule has 1 N–H and O–H groups in total. The van der Waals surface area contributed by atoms with Gasteiger partial charge in [-0.3, -0.25) is 0 Å². The van der Waals surface area contributed by atoms with Crippen molar-refractivity contribution in [1.29, 1.82) is 0 Å². The number of fused-ring (bicyclic) bond motifs is 1. The Labute approximate surface area is 128 Å². The molecule has 1 heterocycles. The standard InChI is InChI=1S/C19H18OS/c20-18(19(10-11-19)15-6-2-1-3-7-15)12-14-13-21-17-9-5-4-8-16(14)17/h1-9,13,18,20H,10-12H2.